The van der Waals surface area contributed by atoms with E-state index in [9.17, 15) is 4.79 Å². The molecule has 0 aliphatic carbocycles. The fourth-order valence-corrected chi connectivity index (χ4v) is 1.84. The molecule has 0 fully saturated rings. The van der Waals surface area contributed by atoms with Crippen LogP contribution in [-0.4, -0.2) is 24.2 Å². The summed E-state index contributed by atoms with van der Waals surface area (Å²) >= 11 is 0. The maximum Gasteiger partial charge on any atom is 0.339 e. The van der Waals surface area contributed by atoms with Gasteiger partial charge in [0, 0.05) is 6.54 Å². The molecule has 0 spiro atoms. The molecule has 1 heterocycles. The SMILES string of the molecule is C[C@@H](NCCOc1ccccc1C(=O)O)c1ccco1. The number of rotatable bonds is 7. The molecule has 0 unspecified atom stereocenters. The van der Waals surface area contributed by atoms with E-state index in [0.29, 0.717) is 18.9 Å². The molecular weight excluding hydrogens is 258 g/mol. The van der Waals surface area contributed by atoms with Crippen LogP contribution in [-0.2, 0) is 0 Å². The minimum Gasteiger partial charge on any atom is -0.491 e. The first-order valence-electron chi connectivity index (χ1n) is 6.40. The van der Waals surface area contributed by atoms with E-state index in [1.165, 1.54) is 6.07 Å². The normalized spacial score (nSPS) is 12.1. The quantitative estimate of drug-likeness (QED) is 0.760. The smallest absolute Gasteiger partial charge is 0.339 e. The number of benzene rings is 1. The third-order valence-electron chi connectivity index (χ3n) is 2.90. The van der Waals surface area contributed by atoms with Gasteiger partial charge in [0.2, 0.25) is 0 Å². The zero-order valence-electron chi connectivity index (χ0n) is 11.2. The number of ether oxygens (including phenoxy) is 1. The van der Waals surface area contributed by atoms with Crippen LogP contribution in [0.1, 0.15) is 29.1 Å². The number of nitrogens with one attached hydrogen (secondary N) is 1. The van der Waals surface area contributed by atoms with Gasteiger partial charge in [-0.1, -0.05) is 12.1 Å². The average molecular weight is 275 g/mol. The number of hydrogen-bond acceptors (Lipinski definition) is 4. The minimum absolute atomic E-state index is 0.0864. The Labute approximate surface area is 117 Å². The van der Waals surface area contributed by atoms with Crippen molar-refractivity contribution in [2.24, 2.45) is 0 Å². The van der Waals surface area contributed by atoms with Crippen molar-refractivity contribution in [3.63, 3.8) is 0 Å². The van der Waals surface area contributed by atoms with Gasteiger partial charge in [0.15, 0.2) is 0 Å². The number of carbonyl (C=O) groups is 1. The molecule has 1 aromatic carbocycles. The molecule has 20 heavy (non-hydrogen) atoms. The molecule has 5 nitrogen and oxygen atoms in total. The highest BCUT2D eigenvalue weighted by Gasteiger charge is 2.10. The van der Waals surface area contributed by atoms with Crippen LogP contribution in [0.2, 0.25) is 0 Å². The molecule has 106 valence electrons. The van der Waals surface area contributed by atoms with Crippen molar-refractivity contribution in [1.29, 1.82) is 0 Å². The molecule has 0 radical (unpaired) electrons. The third-order valence-corrected chi connectivity index (χ3v) is 2.90. The highest BCUT2D eigenvalue weighted by atomic mass is 16.5. The van der Waals surface area contributed by atoms with Crippen LogP contribution in [0.15, 0.2) is 47.1 Å². The van der Waals surface area contributed by atoms with Gasteiger partial charge in [-0.25, -0.2) is 4.79 Å². The summed E-state index contributed by atoms with van der Waals surface area (Å²) in [5, 5.41) is 12.3. The Morgan fingerprint density at radius 3 is 2.85 bits per heavy atom. The first-order chi connectivity index (χ1) is 9.68. The van der Waals surface area contributed by atoms with E-state index in [0.717, 1.165) is 5.76 Å². The van der Waals surface area contributed by atoms with E-state index in [4.69, 9.17) is 14.3 Å². The molecule has 0 saturated heterocycles. The molecule has 0 saturated carbocycles. The monoisotopic (exact) mass is 275 g/mol. The summed E-state index contributed by atoms with van der Waals surface area (Å²) in [4.78, 5) is 11.0. The lowest BCUT2D eigenvalue weighted by molar-refractivity contribution is 0.0692. The number of para-hydroxylation sites is 1. The Kier molecular flexibility index (Phi) is 4.79. The van der Waals surface area contributed by atoms with Gasteiger partial charge in [0.05, 0.1) is 12.3 Å². The van der Waals surface area contributed by atoms with Crippen molar-refractivity contribution in [2.75, 3.05) is 13.2 Å². The van der Waals surface area contributed by atoms with Crippen LogP contribution in [0.5, 0.6) is 5.75 Å². The second-order valence-electron chi connectivity index (χ2n) is 4.34. The van der Waals surface area contributed by atoms with Gasteiger partial charge in [-0.3, -0.25) is 0 Å². The Balaban J connectivity index is 1.80. The van der Waals surface area contributed by atoms with Gasteiger partial charge < -0.3 is 19.6 Å². The van der Waals surface area contributed by atoms with Crippen molar-refractivity contribution in [3.05, 3.63) is 54.0 Å². The zero-order chi connectivity index (χ0) is 14.4. The van der Waals surface area contributed by atoms with Crippen molar-refractivity contribution in [2.45, 2.75) is 13.0 Å². The molecule has 0 aliphatic rings. The summed E-state index contributed by atoms with van der Waals surface area (Å²) in [7, 11) is 0. The Morgan fingerprint density at radius 1 is 1.35 bits per heavy atom. The molecule has 2 N–H and O–H groups in total. The van der Waals surface area contributed by atoms with Gasteiger partial charge >= 0.3 is 5.97 Å². The van der Waals surface area contributed by atoms with Crippen LogP contribution in [0.4, 0.5) is 0 Å². The summed E-state index contributed by atoms with van der Waals surface area (Å²) in [6, 6.07) is 10.4. The summed E-state index contributed by atoms with van der Waals surface area (Å²) in [6.45, 7) is 2.97. The van der Waals surface area contributed by atoms with Gasteiger partial charge in [-0.05, 0) is 31.2 Å². The maximum atomic E-state index is 11.0. The van der Waals surface area contributed by atoms with E-state index in [1.54, 1.807) is 24.5 Å². The predicted octanol–water partition coefficient (Wildman–Crippen LogP) is 2.71. The van der Waals surface area contributed by atoms with Gasteiger partial charge in [-0.15, -0.1) is 0 Å². The molecule has 2 rings (SSSR count). The molecule has 0 aliphatic heterocycles. The highest BCUT2D eigenvalue weighted by molar-refractivity contribution is 5.90. The van der Waals surface area contributed by atoms with Gasteiger partial charge in [-0.2, -0.15) is 0 Å². The fraction of sp³-hybridized carbons (Fsp3) is 0.267. The Hall–Kier alpha value is -2.27. The first-order valence-corrected chi connectivity index (χ1v) is 6.40. The molecule has 0 bridgehead atoms. The van der Waals surface area contributed by atoms with Crippen LogP contribution in [0.3, 0.4) is 0 Å². The van der Waals surface area contributed by atoms with Crippen LogP contribution >= 0.6 is 0 Å². The highest BCUT2D eigenvalue weighted by Crippen LogP contribution is 2.17. The topological polar surface area (TPSA) is 71.7 Å². The van der Waals surface area contributed by atoms with E-state index in [-0.39, 0.29) is 11.6 Å². The molecule has 1 atom stereocenters. The van der Waals surface area contributed by atoms with Crippen molar-refractivity contribution in [1.82, 2.24) is 5.32 Å². The van der Waals surface area contributed by atoms with Crippen LogP contribution in [0, 0.1) is 0 Å². The minimum atomic E-state index is -0.988. The Morgan fingerprint density at radius 2 is 2.15 bits per heavy atom. The lowest BCUT2D eigenvalue weighted by Crippen LogP contribution is -2.24. The zero-order valence-corrected chi connectivity index (χ0v) is 11.2. The van der Waals surface area contributed by atoms with E-state index in [1.807, 2.05) is 19.1 Å². The molecule has 2 aromatic rings. The second-order valence-corrected chi connectivity index (χ2v) is 4.34. The molecule has 1 aromatic heterocycles. The Bertz CT molecular complexity index is 551. The number of hydrogen-bond donors (Lipinski definition) is 2. The standard InChI is InChI=1S/C15H17NO4/c1-11(13-7-4-9-19-13)16-8-10-20-14-6-3-2-5-12(14)15(17)18/h2-7,9,11,16H,8,10H2,1H3,(H,17,18)/t11-/m1/s1. The van der Waals surface area contributed by atoms with Gasteiger partial charge in [0.25, 0.3) is 0 Å². The molecule has 0 amide bonds. The van der Waals surface area contributed by atoms with Gasteiger partial charge in [0.1, 0.15) is 23.7 Å². The van der Waals surface area contributed by atoms with Crippen molar-refractivity contribution in [3.8, 4) is 5.75 Å². The predicted molar refractivity (Wildman–Crippen MR) is 74.0 cm³/mol. The number of carboxylic acid groups (broad SMARTS) is 1. The average Bonchev–Trinajstić information content (AvgIpc) is 2.98. The van der Waals surface area contributed by atoms with E-state index < -0.39 is 5.97 Å². The second kappa shape index (κ2) is 6.77. The largest absolute Gasteiger partial charge is 0.491 e. The fourth-order valence-electron chi connectivity index (χ4n) is 1.84. The number of carboxylic acids is 1. The maximum absolute atomic E-state index is 11.0. The molecular formula is C15H17NO4. The summed E-state index contributed by atoms with van der Waals surface area (Å²) in [5.41, 5.74) is 0.173. The number of furan rings is 1. The van der Waals surface area contributed by atoms with Crippen molar-refractivity contribution < 1.29 is 19.1 Å². The van der Waals surface area contributed by atoms with Crippen molar-refractivity contribution >= 4 is 5.97 Å². The summed E-state index contributed by atoms with van der Waals surface area (Å²) in [6.07, 6.45) is 1.63. The lowest BCUT2D eigenvalue weighted by Gasteiger charge is -2.13. The molecule has 5 heteroatoms. The summed E-state index contributed by atoms with van der Waals surface area (Å²) in [5.74, 6) is 0.251. The van der Waals surface area contributed by atoms with E-state index >= 15 is 0 Å². The van der Waals surface area contributed by atoms with Crippen LogP contribution in [0.25, 0.3) is 0 Å². The third kappa shape index (κ3) is 3.61. The van der Waals surface area contributed by atoms with E-state index in [2.05, 4.69) is 5.32 Å². The first kappa shape index (κ1) is 14.1. The number of aromatic carboxylic acids is 1. The van der Waals surface area contributed by atoms with Crippen LogP contribution < -0.4 is 10.1 Å². The lowest BCUT2D eigenvalue weighted by atomic mass is 10.2. The summed E-state index contributed by atoms with van der Waals surface area (Å²) < 4.78 is 10.8.